The van der Waals surface area contributed by atoms with Gasteiger partial charge in [-0.25, -0.2) is 0 Å². The summed E-state index contributed by atoms with van der Waals surface area (Å²) in [6, 6.07) is 0. The molecule has 6 nitrogen and oxygen atoms in total. The summed E-state index contributed by atoms with van der Waals surface area (Å²) in [5, 5.41) is 0. The lowest BCUT2D eigenvalue weighted by atomic mass is 10.1. The Hall–Kier alpha value is -3.41. The fourth-order valence-corrected chi connectivity index (χ4v) is 5.74. The zero-order valence-corrected chi connectivity index (χ0v) is 35.4. The van der Waals surface area contributed by atoms with E-state index < -0.39 is 6.10 Å². The summed E-state index contributed by atoms with van der Waals surface area (Å²) in [6.45, 7) is 6.28. The predicted octanol–water partition coefficient (Wildman–Crippen LogP) is 14.1. The predicted molar refractivity (Wildman–Crippen MR) is 233 cm³/mol. The van der Waals surface area contributed by atoms with E-state index in [0.717, 1.165) is 70.6 Å². The highest BCUT2D eigenvalue weighted by Gasteiger charge is 2.19. The molecule has 0 bridgehead atoms. The monoisotopic (exact) mass is 765 g/mol. The highest BCUT2D eigenvalue weighted by atomic mass is 16.6. The zero-order chi connectivity index (χ0) is 40.1. The van der Waals surface area contributed by atoms with Crippen molar-refractivity contribution in [2.24, 2.45) is 0 Å². The number of allylic oxidation sites excluding steroid dienone is 14. The Labute approximate surface area is 337 Å². The number of hydrogen-bond donors (Lipinski definition) is 0. The molecule has 312 valence electrons. The maximum atomic E-state index is 12.7. The van der Waals surface area contributed by atoms with Crippen molar-refractivity contribution >= 4 is 17.9 Å². The fraction of sp³-hybridized carbons (Fsp3) is 0.653. The van der Waals surface area contributed by atoms with E-state index in [-0.39, 0.29) is 37.5 Å². The molecular formula is C49H80O6. The number of carbonyl (C=O) groups excluding carboxylic acids is 3. The second kappa shape index (κ2) is 43.3. The number of ether oxygens (including phenoxy) is 3. The molecule has 0 heterocycles. The smallest absolute Gasteiger partial charge is 0.306 e. The Balaban J connectivity index is 4.51. The summed E-state index contributed by atoms with van der Waals surface area (Å²) in [7, 11) is 0. The van der Waals surface area contributed by atoms with Crippen molar-refractivity contribution in [3.05, 3.63) is 85.1 Å². The van der Waals surface area contributed by atoms with Crippen molar-refractivity contribution in [3.8, 4) is 0 Å². The first-order chi connectivity index (χ1) is 27.0. The summed E-state index contributed by atoms with van der Waals surface area (Å²) in [4.78, 5) is 37.7. The van der Waals surface area contributed by atoms with Crippen LogP contribution in [0.1, 0.15) is 188 Å². The van der Waals surface area contributed by atoms with Gasteiger partial charge in [0.25, 0.3) is 0 Å². The van der Waals surface area contributed by atoms with Gasteiger partial charge in [0.1, 0.15) is 13.2 Å². The lowest BCUT2D eigenvalue weighted by molar-refractivity contribution is -0.167. The molecule has 1 atom stereocenters. The highest BCUT2D eigenvalue weighted by molar-refractivity contribution is 5.71. The summed E-state index contributed by atoms with van der Waals surface area (Å²) in [5.41, 5.74) is 0. The van der Waals surface area contributed by atoms with Gasteiger partial charge < -0.3 is 14.2 Å². The molecule has 0 aliphatic carbocycles. The third-order valence-electron chi connectivity index (χ3n) is 9.02. The van der Waals surface area contributed by atoms with Gasteiger partial charge in [-0.3, -0.25) is 14.4 Å². The number of carbonyl (C=O) groups is 3. The Kier molecular flexibility index (Phi) is 40.6. The number of unbranched alkanes of at least 4 members (excludes halogenated alkanes) is 17. The molecule has 0 aromatic carbocycles. The second-order valence-electron chi connectivity index (χ2n) is 14.3. The van der Waals surface area contributed by atoms with Crippen LogP contribution in [0.15, 0.2) is 85.1 Å². The van der Waals surface area contributed by atoms with Crippen molar-refractivity contribution in [1.29, 1.82) is 0 Å². The molecule has 0 aliphatic heterocycles. The standard InChI is InChI=1S/C49H80O6/c1-4-7-10-13-16-19-22-24-26-27-30-33-36-39-42-48(51)54-45-46(44-53-47(50)41-38-35-32-29-21-18-15-12-9-6-3)55-49(52)43-40-37-34-31-28-25-23-20-17-14-11-8-5-2/h7-8,10-11,14,16-17,19-20,23,25,28,31,34,46H,4-6,9,12-13,15,18,21-22,24,26-27,29-30,32-33,35-45H2,1-3H3/b10-7-,11-8-,17-14-,19-16-,23-20-,28-25-,34-31-. The molecule has 0 saturated heterocycles. The first-order valence-corrected chi connectivity index (χ1v) is 22.2. The van der Waals surface area contributed by atoms with Crippen molar-refractivity contribution < 1.29 is 28.6 Å². The Morgan fingerprint density at radius 1 is 0.400 bits per heavy atom. The molecular weight excluding hydrogens is 685 g/mol. The Morgan fingerprint density at radius 2 is 0.818 bits per heavy atom. The van der Waals surface area contributed by atoms with Crippen LogP contribution in [-0.2, 0) is 28.6 Å². The van der Waals surface area contributed by atoms with Gasteiger partial charge in [-0.2, -0.15) is 0 Å². The van der Waals surface area contributed by atoms with E-state index in [9.17, 15) is 14.4 Å². The zero-order valence-electron chi connectivity index (χ0n) is 35.4. The molecule has 0 aromatic rings. The van der Waals surface area contributed by atoms with Gasteiger partial charge in [0.15, 0.2) is 6.10 Å². The van der Waals surface area contributed by atoms with Crippen LogP contribution in [0, 0.1) is 0 Å². The van der Waals surface area contributed by atoms with Crippen LogP contribution in [0.4, 0.5) is 0 Å². The summed E-state index contributed by atoms with van der Waals surface area (Å²) < 4.78 is 16.6. The SMILES string of the molecule is CC\C=C/C=C\C=C/C=C\C=C/CCCC(=O)OC(COC(=O)CCCCCCCCC/C=C\C/C=C\CC)COC(=O)CCCCCCCCCCCC. The normalized spacial score (nSPS) is 12.9. The van der Waals surface area contributed by atoms with Gasteiger partial charge in [0.05, 0.1) is 0 Å². The van der Waals surface area contributed by atoms with Gasteiger partial charge in [0, 0.05) is 19.3 Å². The van der Waals surface area contributed by atoms with Gasteiger partial charge >= 0.3 is 17.9 Å². The van der Waals surface area contributed by atoms with E-state index in [1.165, 1.54) is 70.6 Å². The van der Waals surface area contributed by atoms with E-state index in [2.05, 4.69) is 51.2 Å². The van der Waals surface area contributed by atoms with Crippen LogP contribution in [0.25, 0.3) is 0 Å². The maximum absolute atomic E-state index is 12.7. The molecule has 0 aliphatic rings. The summed E-state index contributed by atoms with van der Waals surface area (Å²) in [5.74, 6) is -1.00. The van der Waals surface area contributed by atoms with Gasteiger partial charge in [-0.05, 0) is 57.8 Å². The van der Waals surface area contributed by atoms with Gasteiger partial charge in [0.2, 0.25) is 0 Å². The summed E-state index contributed by atoms with van der Waals surface area (Å²) >= 11 is 0. The van der Waals surface area contributed by atoms with E-state index in [1.54, 1.807) is 0 Å². The third kappa shape index (κ3) is 41.6. The lowest BCUT2D eigenvalue weighted by Crippen LogP contribution is -2.30. The molecule has 0 spiro atoms. The lowest BCUT2D eigenvalue weighted by Gasteiger charge is -2.18. The number of hydrogen-bond acceptors (Lipinski definition) is 6. The van der Waals surface area contributed by atoms with Gasteiger partial charge in [-0.1, -0.05) is 196 Å². The summed E-state index contributed by atoms with van der Waals surface area (Å²) in [6.07, 6.45) is 54.3. The average Bonchev–Trinajstić information content (AvgIpc) is 3.18. The van der Waals surface area contributed by atoms with Crippen LogP contribution in [-0.4, -0.2) is 37.2 Å². The van der Waals surface area contributed by atoms with E-state index in [1.807, 2.05) is 54.7 Å². The van der Waals surface area contributed by atoms with E-state index in [0.29, 0.717) is 19.3 Å². The average molecular weight is 765 g/mol. The van der Waals surface area contributed by atoms with Crippen LogP contribution in [0.3, 0.4) is 0 Å². The topological polar surface area (TPSA) is 78.9 Å². The van der Waals surface area contributed by atoms with Gasteiger partial charge in [-0.15, -0.1) is 0 Å². The minimum absolute atomic E-state index is 0.108. The first kappa shape index (κ1) is 51.6. The van der Waals surface area contributed by atoms with Crippen molar-refractivity contribution in [1.82, 2.24) is 0 Å². The Bertz CT molecular complexity index is 1110. The van der Waals surface area contributed by atoms with Crippen molar-refractivity contribution in [3.63, 3.8) is 0 Å². The molecule has 0 fully saturated rings. The molecule has 0 rings (SSSR count). The molecule has 0 saturated carbocycles. The minimum atomic E-state index is -0.812. The largest absolute Gasteiger partial charge is 0.462 e. The van der Waals surface area contributed by atoms with Crippen molar-refractivity contribution in [2.75, 3.05) is 13.2 Å². The second-order valence-corrected chi connectivity index (χ2v) is 14.3. The highest BCUT2D eigenvalue weighted by Crippen LogP contribution is 2.13. The first-order valence-electron chi connectivity index (χ1n) is 22.2. The molecule has 6 heteroatoms. The number of rotatable bonds is 38. The van der Waals surface area contributed by atoms with Crippen LogP contribution in [0.5, 0.6) is 0 Å². The van der Waals surface area contributed by atoms with E-state index in [4.69, 9.17) is 14.2 Å². The minimum Gasteiger partial charge on any atom is -0.462 e. The maximum Gasteiger partial charge on any atom is 0.306 e. The molecule has 1 unspecified atom stereocenters. The third-order valence-corrected chi connectivity index (χ3v) is 9.02. The molecule has 0 aromatic heterocycles. The van der Waals surface area contributed by atoms with Crippen molar-refractivity contribution in [2.45, 2.75) is 194 Å². The molecule has 0 N–H and O–H groups in total. The van der Waals surface area contributed by atoms with E-state index >= 15 is 0 Å². The van der Waals surface area contributed by atoms with Crippen LogP contribution in [0.2, 0.25) is 0 Å². The van der Waals surface area contributed by atoms with Crippen LogP contribution >= 0.6 is 0 Å². The van der Waals surface area contributed by atoms with Crippen LogP contribution < -0.4 is 0 Å². The fourth-order valence-electron chi connectivity index (χ4n) is 5.74. The molecule has 0 amide bonds. The number of esters is 3. The molecule has 0 radical (unpaired) electrons. The Morgan fingerprint density at radius 3 is 1.35 bits per heavy atom. The quantitative estimate of drug-likeness (QED) is 0.0205. The molecule has 55 heavy (non-hydrogen) atoms.